The van der Waals surface area contributed by atoms with Gasteiger partial charge in [0.15, 0.2) is 0 Å². The van der Waals surface area contributed by atoms with Crippen molar-refractivity contribution in [2.24, 2.45) is 5.92 Å². The van der Waals surface area contributed by atoms with Crippen LogP contribution in [0.3, 0.4) is 0 Å². The van der Waals surface area contributed by atoms with E-state index in [0.717, 1.165) is 6.08 Å². The van der Waals surface area contributed by atoms with Crippen molar-refractivity contribution in [3.63, 3.8) is 0 Å². The van der Waals surface area contributed by atoms with E-state index in [9.17, 15) is 14.4 Å². The Morgan fingerprint density at radius 3 is 1.71 bits per heavy atom. The molecule has 1 atom stereocenters. The predicted molar refractivity (Wildman–Crippen MR) is 57.5 cm³/mol. The van der Waals surface area contributed by atoms with Gasteiger partial charge in [0.05, 0.1) is 12.8 Å². The van der Waals surface area contributed by atoms with Gasteiger partial charge >= 0.3 is 17.9 Å². The molecule has 0 aliphatic carbocycles. The first kappa shape index (κ1) is 17.5. The molecule has 0 aliphatic heterocycles. The van der Waals surface area contributed by atoms with Gasteiger partial charge in [0.2, 0.25) is 0 Å². The Bertz CT molecular complexity index is 268. The molecule has 7 heteroatoms. The highest BCUT2D eigenvalue weighted by Crippen LogP contribution is 1.93. The Morgan fingerprint density at radius 2 is 1.47 bits per heavy atom. The number of carbonyl (C=O) groups is 3. The van der Waals surface area contributed by atoms with Gasteiger partial charge < -0.3 is 20.4 Å². The number of hydrogen-bond acceptors (Lipinski definition) is 4. The average molecular weight is 248 g/mol. The van der Waals surface area contributed by atoms with E-state index >= 15 is 0 Å². The van der Waals surface area contributed by atoms with Crippen molar-refractivity contribution < 1.29 is 34.8 Å². The van der Waals surface area contributed by atoms with Gasteiger partial charge in [-0.2, -0.15) is 0 Å². The van der Waals surface area contributed by atoms with Crippen molar-refractivity contribution >= 4 is 17.9 Å². The lowest BCUT2D eigenvalue weighted by molar-refractivity contribution is -0.143. The lowest BCUT2D eigenvalue weighted by Crippen LogP contribution is -2.00. The van der Waals surface area contributed by atoms with Gasteiger partial charge in [-0.15, -0.1) is 0 Å². The first-order chi connectivity index (χ1) is 7.79. The molecule has 1 unspecified atom stereocenters. The molecule has 7 nitrogen and oxygen atoms in total. The molecule has 0 aromatic heterocycles. The maximum atomic E-state index is 9.85. The standard InChI is InChI=1S/C6H10O3.C4H6O4/c1-5(4-7)2-3-6(8)9;5-3(6)1-2-4(7)8/h2-3,5,7H,4H2,1H3,(H,8,9);1-2H2,(H,5,6)(H,7,8). The van der Waals surface area contributed by atoms with Crippen LogP contribution in [0.5, 0.6) is 0 Å². The van der Waals surface area contributed by atoms with E-state index in [-0.39, 0.29) is 25.4 Å². The molecule has 0 saturated heterocycles. The topological polar surface area (TPSA) is 132 Å². The number of carboxylic acid groups (broad SMARTS) is 3. The lowest BCUT2D eigenvalue weighted by atomic mass is 10.2. The molecule has 4 N–H and O–H groups in total. The monoisotopic (exact) mass is 248 g/mol. The van der Waals surface area contributed by atoms with Crippen molar-refractivity contribution in [3.05, 3.63) is 12.2 Å². The molecule has 0 fully saturated rings. The molecule has 0 radical (unpaired) electrons. The second-order valence-corrected chi connectivity index (χ2v) is 3.14. The highest BCUT2D eigenvalue weighted by atomic mass is 16.4. The van der Waals surface area contributed by atoms with Crippen LogP contribution >= 0.6 is 0 Å². The fraction of sp³-hybridized carbons (Fsp3) is 0.500. The number of aliphatic carboxylic acids is 3. The molecule has 0 aliphatic rings. The molecule has 0 bridgehead atoms. The molecule has 98 valence electrons. The van der Waals surface area contributed by atoms with Crippen LogP contribution in [0.15, 0.2) is 12.2 Å². The highest BCUT2D eigenvalue weighted by Gasteiger charge is 2.00. The van der Waals surface area contributed by atoms with Crippen LogP contribution in [0.1, 0.15) is 19.8 Å². The fourth-order valence-electron chi connectivity index (χ4n) is 0.521. The van der Waals surface area contributed by atoms with Crippen LogP contribution in [-0.4, -0.2) is 44.9 Å². The lowest BCUT2D eigenvalue weighted by Gasteiger charge is -1.95. The summed E-state index contributed by atoms with van der Waals surface area (Å²) in [4.78, 5) is 29.1. The minimum Gasteiger partial charge on any atom is -0.481 e. The number of hydrogen-bond donors (Lipinski definition) is 4. The Morgan fingerprint density at radius 1 is 1.06 bits per heavy atom. The predicted octanol–water partition coefficient (Wildman–Crippen LogP) is 0.191. The third-order valence-electron chi connectivity index (χ3n) is 1.41. The zero-order valence-corrected chi connectivity index (χ0v) is 9.37. The molecule has 0 saturated carbocycles. The van der Waals surface area contributed by atoms with Crippen molar-refractivity contribution in [1.29, 1.82) is 0 Å². The highest BCUT2D eigenvalue weighted by molar-refractivity contribution is 5.79. The van der Waals surface area contributed by atoms with Crippen LogP contribution in [0.2, 0.25) is 0 Å². The molecule has 0 amide bonds. The van der Waals surface area contributed by atoms with E-state index in [2.05, 4.69) is 0 Å². The number of carboxylic acids is 3. The minimum atomic E-state index is -1.08. The molecule has 0 heterocycles. The fourth-order valence-corrected chi connectivity index (χ4v) is 0.521. The van der Waals surface area contributed by atoms with Gasteiger partial charge in [0.1, 0.15) is 0 Å². The van der Waals surface area contributed by atoms with E-state index in [4.69, 9.17) is 20.4 Å². The summed E-state index contributed by atoms with van der Waals surface area (Å²) in [5, 5.41) is 32.3. The summed E-state index contributed by atoms with van der Waals surface area (Å²) in [6.45, 7) is 1.73. The van der Waals surface area contributed by atoms with Gasteiger partial charge in [-0.25, -0.2) is 4.79 Å². The molecular weight excluding hydrogens is 232 g/mol. The first-order valence-corrected chi connectivity index (χ1v) is 4.75. The summed E-state index contributed by atoms with van der Waals surface area (Å²) in [5.41, 5.74) is 0. The summed E-state index contributed by atoms with van der Waals surface area (Å²) in [6, 6.07) is 0. The summed E-state index contributed by atoms with van der Waals surface area (Å²) < 4.78 is 0. The van der Waals surface area contributed by atoms with Gasteiger partial charge in [-0.1, -0.05) is 13.0 Å². The maximum absolute atomic E-state index is 9.85. The molecule has 17 heavy (non-hydrogen) atoms. The quantitative estimate of drug-likeness (QED) is 0.493. The molecule has 0 aromatic carbocycles. The zero-order valence-electron chi connectivity index (χ0n) is 9.37. The SMILES string of the molecule is CC(C=CC(=O)O)CO.O=C(O)CCC(=O)O. The van der Waals surface area contributed by atoms with E-state index in [0.29, 0.717) is 0 Å². The summed E-state index contributed by atoms with van der Waals surface area (Å²) in [7, 11) is 0. The molecule has 0 rings (SSSR count). The second-order valence-electron chi connectivity index (χ2n) is 3.14. The van der Waals surface area contributed by atoms with Crippen molar-refractivity contribution in [1.82, 2.24) is 0 Å². The Kier molecular flexibility index (Phi) is 10.9. The van der Waals surface area contributed by atoms with Crippen LogP contribution in [0.4, 0.5) is 0 Å². The van der Waals surface area contributed by atoms with Gasteiger partial charge in [0.25, 0.3) is 0 Å². The van der Waals surface area contributed by atoms with Crippen LogP contribution in [-0.2, 0) is 14.4 Å². The van der Waals surface area contributed by atoms with Crippen molar-refractivity contribution in [3.8, 4) is 0 Å². The number of aliphatic hydroxyl groups is 1. The minimum absolute atomic E-state index is 0.0101. The third kappa shape index (κ3) is 20.2. The average Bonchev–Trinajstić information content (AvgIpc) is 2.23. The Labute approximate surface area is 98.0 Å². The van der Waals surface area contributed by atoms with Crippen molar-refractivity contribution in [2.45, 2.75) is 19.8 Å². The molecular formula is C10H16O7. The van der Waals surface area contributed by atoms with Crippen LogP contribution in [0.25, 0.3) is 0 Å². The van der Waals surface area contributed by atoms with Crippen LogP contribution < -0.4 is 0 Å². The number of rotatable bonds is 6. The van der Waals surface area contributed by atoms with Gasteiger partial charge in [-0.05, 0) is 5.92 Å². The normalized spacial score (nSPS) is 11.4. The smallest absolute Gasteiger partial charge is 0.327 e. The first-order valence-electron chi connectivity index (χ1n) is 4.75. The molecule has 0 aromatic rings. The van der Waals surface area contributed by atoms with E-state index in [1.54, 1.807) is 6.92 Å². The Hall–Kier alpha value is -1.89. The summed E-state index contributed by atoms with van der Waals surface area (Å²) in [6.07, 6.45) is 1.88. The van der Waals surface area contributed by atoms with Gasteiger partial charge in [0, 0.05) is 12.7 Å². The second kappa shape index (κ2) is 10.6. The largest absolute Gasteiger partial charge is 0.481 e. The van der Waals surface area contributed by atoms with Gasteiger partial charge in [-0.3, -0.25) is 9.59 Å². The summed E-state index contributed by atoms with van der Waals surface area (Å²) >= 11 is 0. The van der Waals surface area contributed by atoms with E-state index in [1.807, 2.05) is 0 Å². The Balaban J connectivity index is 0. The zero-order chi connectivity index (χ0) is 13.8. The molecule has 0 spiro atoms. The third-order valence-corrected chi connectivity index (χ3v) is 1.41. The maximum Gasteiger partial charge on any atom is 0.327 e. The van der Waals surface area contributed by atoms with Crippen LogP contribution in [0, 0.1) is 5.92 Å². The summed E-state index contributed by atoms with van der Waals surface area (Å²) in [5.74, 6) is -3.20. The number of aliphatic hydroxyl groups excluding tert-OH is 1. The van der Waals surface area contributed by atoms with E-state index < -0.39 is 17.9 Å². The van der Waals surface area contributed by atoms with E-state index in [1.165, 1.54) is 6.08 Å². The van der Waals surface area contributed by atoms with Crippen molar-refractivity contribution in [2.75, 3.05) is 6.61 Å².